The molecule has 0 aliphatic carbocycles. The van der Waals surface area contributed by atoms with Crippen LogP contribution in [0.15, 0.2) is 51.2 Å². The van der Waals surface area contributed by atoms with Crippen molar-refractivity contribution in [2.45, 2.75) is 71.2 Å². The summed E-state index contributed by atoms with van der Waals surface area (Å²) in [7, 11) is 1.36. The van der Waals surface area contributed by atoms with Crippen LogP contribution >= 0.6 is 0 Å². The molecule has 4 rings (SSSR count). The molecule has 1 saturated heterocycles. The van der Waals surface area contributed by atoms with Crippen LogP contribution in [0.1, 0.15) is 49.2 Å². The summed E-state index contributed by atoms with van der Waals surface area (Å²) < 4.78 is 27.8. The maximum absolute atomic E-state index is 13.3. The molecule has 5 N–H and O–H groups in total. The van der Waals surface area contributed by atoms with Crippen molar-refractivity contribution >= 4 is 28.7 Å². The predicted molar refractivity (Wildman–Crippen MR) is 157 cm³/mol. The van der Waals surface area contributed by atoms with Gasteiger partial charge in [-0.15, -0.1) is 0 Å². The van der Waals surface area contributed by atoms with Gasteiger partial charge in [-0.1, -0.05) is 17.4 Å². The van der Waals surface area contributed by atoms with Crippen LogP contribution in [0.5, 0.6) is 17.2 Å². The van der Waals surface area contributed by atoms with Gasteiger partial charge in [0.2, 0.25) is 6.29 Å². The number of allylic oxidation sites excluding steroid dienone is 2. The first kappa shape index (κ1) is 32.3. The molecule has 0 saturated carbocycles. The number of phenolic OH excluding ortho intramolecular Hbond substituents is 1. The highest BCUT2D eigenvalue weighted by atomic mass is 16.7. The van der Waals surface area contributed by atoms with Crippen molar-refractivity contribution in [3.05, 3.63) is 69.1 Å². The van der Waals surface area contributed by atoms with Gasteiger partial charge in [-0.25, -0.2) is 9.59 Å². The van der Waals surface area contributed by atoms with Crippen LogP contribution in [0, 0.1) is 6.92 Å². The van der Waals surface area contributed by atoms with Crippen molar-refractivity contribution in [2.24, 2.45) is 5.73 Å². The number of nitrogens with one attached hydrogen (secondary N) is 1. The maximum atomic E-state index is 13.3. The number of rotatable bonds is 8. The lowest BCUT2D eigenvalue weighted by molar-refractivity contribution is -0.304. The number of hydrogen-bond acceptors (Lipinski definition) is 11. The second-order valence-corrected chi connectivity index (χ2v) is 11.2. The largest absolute Gasteiger partial charge is 0.870 e. The molecule has 2 heterocycles. The molecule has 1 aliphatic heterocycles. The molecule has 3 aromatic rings. The number of carbonyl (C=O) groups is 2. The summed E-state index contributed by atoms with van der Waals surface area (Å²) in [4.78, 5) is 37.4. The van der Waals surface area contributed by atoms with Crippen LogP contribution in [0.2, 0.25) is 0 Å². The summed E-state index contributed by atoms with van der Waals surface area (Å²) in [6.45, 7) is 8.63. The number of aryl methyl sites for hydroxylation is 1. The Bertz CT molecular complexity index is 1670. The lowest BCUT2D eigenvalue weighted by Gasteiger charge is -2.47. The summed E-state index contributed by atoms with van der Waals surface area (Å²) in [5.74, 6) is -1.42. The highest BCUT2D eigenvalue weighted by Crippen LogP contribution is 2.38. The minimum atomic E-state index is -1.53. The molecule has 236 valence electrons. The lowest BCUT2D eigenvalue weighted by atomic mass is 9.89. The average Bonchev–Trinajstić information content (AvgIpc) is 2.94. The van der Waals surface area contributed by atoms with Gasteiger partial charge >= 0.3 is 11.7 Å². The fourth-order valence-corrected chi connectivity index (χ4v) is 5.05. The third-order valence-electron chi connectivity index (χ3n) is 7.31. The summed E-state index contributed by atoms with van der Waals surface area (Å²) in [5.41, 5.74) is 4.19. The molecule has 2 amide bonds. The van der Waals surface area contributed by atoms with Gasteiger partial charge in [0.25, 0.3) is 5.91 Å². The number of aliphatic hydroxyl groups is 1. The van der Waals surface area contributed by atoms with E-state index in [1.54, 1.807) is 13.8 Å². The number of methoxy groups -OCH3 is 1. The molecule has 2 aromatic carbocycles. The topological polar surface area (TPSA) is 203 Å². The van der Waals surface area contributed by atoms with Gasteiger partial charge in [-0.2, -0.15) is 0 Å². The SMILES string of the molecule is CO[C@@H]1[C@H](OC(N)=O)[C@H](O)[C@H](Oc2ccc3c([O-])c(NC(=O)c4ccc(O)c(CC=C(C)C)c4)c(=O)oc3c2C)OC1(C)C. The van der Waals surface area contributed by atoms with Crippen molar-refractivity contribution < 1.29 is 48.3 Å². The number of ether oxygens (including phenoxy) is 4. The second-order valence-electron chi connectivity index (χ2n) is 11.2. The van der Waals surface area contributed by atoms with Crippen LogP contribution in [-0.2, 0) is 20.6 Å². The number of aliphatic hydroxyl groups excluding tert-OH is 1. The van der Waals surface area contributed by atoms with E-state index >= 15 is 0 Å². The maximum Gasteiger partial charge on any atom is 0.404 e. The number of hydrogen-bond donors (Lipinski definition) is 4. The molecule has 1 aromatic heterocycles. The Morgan fingerprint density at radius 3 is 2.55 bits per heavy atom. The predicted octanol–water partition coefficient (Wildman–Crippen LogP) is 3.00. The first-order valence-corrected chi connectivity index (χ1v) is 13.7. The summed E-state index contributed by atoms with van der Waals surface area (Å²) in [6, 6.07) is 6.96. The minimum absolute atomic E-state index is 0.00594. The molecule has 13 nitrogen and oxygen atoms in total. The Labute approximate surface area is 252 Å². The summed E-state index contributed by atoms with van der Waals surface area (Å²) in [5, 5.41) is 36.7. The van der Waals surface area contributed by atoms with Crippen LogP contribution in [0.3, 0.4) is 0 Å². The molecule has 0 spiro atoms. The van der Waals surface area contributed by atoms with Crippen LogP contribution in [0.25, 0.3) is 11.0 Å². The summed E-state index contributed by atoms with van der Waals surface area (Å²) >= 11 is 0. The van der Waals surface area contributed by atoms with Crippen LogP contribution in [-0.4, -0.2) is 59.5 Å². The number of benzene rings is 2. The van der Waals surface area contributed by atoms with Gasteiger partial charge in [0.05, 0.1) is 5.60 Å². The number of aromatic hydroxyl groups is 1. The molecular weight excluding hydrogens is 576 g/mol. The minimum Gasteiger partial charge on any atom is -0.870 e. The number of fused-ring (bicyclic) bond motifs is 1. The Morgan fingerprint density at radius 1 is 1.20 bits per heavy atom. The van der Waals surface area contributed by atoms with Crippen LogP contribution < -0.4 is 26.5 Å². The summed E-state index contributed by atoms with van der Waals surface area (Å²) in [6.07, 6.45) is -3.88. The quantitative estimate of drug-likeness (QED) is 0.215. The number of anilines is 1. The Balaban J connectivity index is 1.63. The van der Waals surface area contributed by atoms with E-state index in [2.05, 4.69) is 5.32 Å². The molecule has 1 aliphatic rings. The third kappa shape index (κ3) is 6.49. The van der Waals surface area contributed by atoms with Gasteiger partial charge in [0.1, 0.15) is 28.9 Å². The normalized spacial score (nSPS) is 21.0. The van der Waals surface area contributed by atoms with E-state index in [0.29, 0.717) is 12.0 Å². The van der Waals surface area contributed by atoms with Gasteiger partial charge in [0.15, 0.2) is 12.2 Å². The van der Waals surface area contributed by atoms with Crippen LogP contribution in [0.4, 0.5) is 10.5 Å². The molecule has 44 heavy (non-hydrogen) atoms. The second kappa shape index (κ2) is 12.6. The van der Waals surface area contributed by atoms with E-state index in [1.165, 1.54) is 44.4 Å². The van der Waals surface area contributed by atoms with Gasteiger partial charge in [-0.05, 0) is 76.9 Å². The van der Waals surface area contributed by atoms with E-state index in [1.807, 2.05) is 19.9 Å². The molecule has 1 fully saturated rings. The third-order valence-corrected chi connectivity index (χ3v) is 7.31. The fraction of sp³-hybridized carbons (Fsp3) is 0.387. The number of phenols is 1. The van der Waals surface area contributed by atoms with E-state index in [0.717, 1.165) is 5.57 Å². The molecule has 0 radical (unpaired) electrons. The van der Waals surface area contributed by atoms with Gasteiger partial charge in [0, 0.05) is 23.6 Å². The smallest absolute Gasteiger partial charge is 0.404 e. The molecule has 4 atom stereocenters. The molecule has 0 unspecified atom stereocenters. The van der Waals surface area contributed by atoms with Gasteiger partial charge < -0.3 is 49.7 Å². The Hall–Kier alpha value is -4.59. The Kier molecular flexibility index (Phi) is 9.23. The number of primary amides is 1. The van der Waals surface area contributed by atoms with E-state index in [4.69, 9.17) is 29.1 Å². The number of carbonyl (C=O) groups excluding carboxylic acids is 2. The Morgan fingerprint density at radius 2 is 1.91 bits per heavy atom. The standard InChI is InChI=1S/C31H36N2O11/c1-14(2)7-8-16-13-17(9-11-19(16)34)27(37)33-21-22(35)18-10-12-20(15(3)24(18)42-28(21)38)41-29-23(36)25(43-30(32)39)26(40-6)31(4,5)44-29/h7,9-13,23,25-26,29,34-36H,8H2,1-6H3,(H2,32,39)(H,33,37)/p-1/t23-,25+,26+,29+/m0/s1. The van der Waals surface area contributed by atoms with Crippen molar-refractivity contribution in [1.82, 2.24) is 0 Å². The van der Waals surface area contributed by atoms with Gasteiger partial charge in [-0.3, -0.25) is 4.79 Å². The average molecular weight is 612 g/mol. The fourth-order valence-electron chi connectivity index (χ4n) is 5.05. The first-order valence-electron chi connectivity index (χ1n) is 13.7. The van der Waals surface area contributed by atoms with E-state index in [-0.39, 0.29) is 33.6 Å². The van der Waals surface area contributed by atoms with Crippen molar-refractivity contribution in [3.63, 3.8) is 0 Å². The number of amides is 2. The highest BCUT2D eigenvalue weighted by Gasteiger charge is 2.53. The molecule has 13 heteroatoms. The van der Waals surface area contributed by atoms with Crippen molar-refractivity contribution in [3.8, 4) is 17.2 Å². The monoisotopic (exact) mass is 611 g/mol. The molecular formula is C31H35N2O11-. The first-order chi connectivity index (χ1) is 20.6. The van der Waals surface area contributed by atoms with Crippen molar-refractivity contribution in [2.75, 3.05) is 12.4 Å². The zero-order chi connectivity index (χ0) is 32.5. The molecule has 0 bridgehead atoms. The highest BCUT2D eigenvalue weighted by molar-refractivity contribution is 6.06. The van der Waals surface area contributed by atoms with E-state index < -0.39 is 59.3 Å². The van der Waals surface area contributed by atoms with Crippen molar-refractivity contribution in [1.29, 1.82) is 0 Å². The zero-order valence-corrected chi connectivity index (χ0v) is 25.1. The lowest BCUT2D eigenvalue weighted by Crippen LogP contribution is -2.65. The van der Waals surface area contributed by atoms with E-state index in [9.17, 15) is 29.7 Å². The number of nitrogens with two attached hydrogens (primary N) is 1. The zero-order valence-electron chi connectivity index (χ0n) is 25.1.